The average Bonchev–Trinajstić information content (AvgIpc) is 2.91. The van der Waals surface area contributed by atoms with Crippen molar-refractivity contribution in [3.05, 3.63) is 41.4 Å². The van der Waals surface area contributed by atoms with Crippen LogP contribution < -0.4 is 4.74 Å². The lowest BCUT2D eigenvalue weighted by molar-refractivity contribution is -0.128. The molecule has 0 aliphatic rings. The molecule has 6 heteroatoms. The smallest absolute Gasteiger partial charge is 0.157 e. The highest BCUT2D eigenvalue weighted by Gasteiger charge is 2.29. The van der Waals surface area contributed by atoms with E-state index in [1.54, 1.807) is 24.3 Å². The van der Waals surface area contributed by atoms with Gasteiger partial charge in [-0.1, -0.05) is 11.6 Å². The molecule has 1 heterocycles. The maximum atomic E-state index is 12.2. The number of benzene rings is 1. The number of nitrogens with one attached hydrogen (secondary N) is 1. The van der Waals surface area contributed by atoms with Gasteiger partial charge in [0.15, 0.2) is 5.82 Å². The summed E-state index contributed by atoms with van der Waals surface area (Å²) >= 11 is 5.81. The summed E-state index contributed by atoms with van der Waals surface area (Å²) in [6, 6.07) is 7.05. The van der Waals surface area contributed by atoms with Crippen LogP contribution in [0.15, 0.2) is 30.6 Å². The van der Waals surface area contributed by atoms with Crippen molar-refractivity contribution in [2.24, 2.45) is 5.41 Å². The van der Waals surface area contributed by atoms with Crippen molar-refractivity contribution in [1.82, 2.24) is 15.2 Å². The first kappa shape index (κ1) is 14.5. The molecule has 2 aromatic rings. The first-order chi connectivity index (χ1) is 9.47. The van der Waals surface area contributed by atoms with Crippen LogP contribution >= 0.6 is 11.6 Å². The molecule has 0 aliphatic heterocycles. The van der Waals surface area contributed by atoms with E-state index in [1.807, 2.05) is 13.8 Å². The zero-order valence-corrected chi connectivity index (χ0v) is 12.1. The summed E-state index contributed by atoms with van der Waals surface area (Å²) in [5, 5.41) is 7.13. The zero-order chi connectivity index (χ0) is 14.6. The number of carbonyl (C=O) groups excluding carboxylic acids is 1. The molecule has 0 radical (unpaired) electrons. The maximum absolute atomic E-state index is 12.2. The molecule has 0 amide bonds. The van der Waals surface area contributed by atoms with E-state index < -0.39 is 5.41 Å². The average molecular weight is 294 g/mol. The molecule has 2 rings (SSSR count). The van der Waals surface area contributed by atoms with Crippen molar-refractivity contribution in [3.8, 4) is 5.75 Å². The van der Waals surface area contributed by atoms with E-state index in [1.165, 1.54) is 6.33 Å². The van der Waals surface area contributed by atoms with E-state index in [0.717, 1.165) is 0 Å². The van der Waals surface area contributed by atoms with Crippen LogP contribution in [0.5, 0.6) is 5.75 Å². The molecule has 0 saturated heterocycles. The molecule has 1 aromatic heterocycles. The third-order valence-corrected chi connectivity index (χ3v) is 3.20. The van der Waals surface area contributed by atoms with Gasteiger partial charge in [-0.05, 0) is 38.1 Å². The second-order valence-corrected chi connectivity index (χ2v) is 5.58. The summed E-state index contributed by atoms with van der Waals surface area (Å²) in [5.41, 5.74) is -0.611. The van der Waals surface area contributed by atoms with E-state index in [4.69, 9.17) is 16.3 Å². The van der Waals surface area contributed by atoms with Crippen molar-refractivity contribution in [2.45, 2.75) is 20.3 Å². The Morgan fingerprint density at radius 2 is 2.05 bits per heavy atom. The molecular formula is C14H16ClN3O2. The fraction of sp³-hybridized carbons (Fsp3) is 0.357. The van der Waals surface area contributed by atoms with Crippen LogP contribution in [-0.4, -0.2) is 27.6 Å². The number of aromatic nitrogens is 3. The molecule has 5 nitrogen and oxygen atoms in total. The van der Waals surface area contributed by atoms with Gasteiger partial charge in [0.25, 0.3) is 0 Å². The summed E-state index contributed by atoms with van der Waals surface area (Å²) in [5.74, 6) is 1.22. The van der Waals surface area contributed by atoms with Crippen LogP contribution in [0.3, 0.4) is 0 Å². The lowest BCUT2D eigenvalue weighted by Gasteiger charge is -2.22. The van der Waals surface area contributed by atoms with Gasteiger partial charge >= 0.3 is 0 Å². The SMILES string of the molecule is CC(C)(COc1ccc(Cl)cc1)C(=O)Cc1nc[nH]n1. The van der Waals surface area contributed by atoms with E-state index in [2.05, 4.69) is 15.2 Å². The Morgan fingerprint density at radius 3 is 2.65 bits per heavy atom. The normalized spacial score (nSPS) is 11.3. The molecule has 0 saturated carbocycles. The molecule has 0 aliphatic carbocycles. The number of ether oxygens (including phenoxy) is 1. The van der Waals surface area contributed by atoms with Gasteiger partial charge in [-0.3, -0.25) is 9.89 Å². The monoisotopic (exact) mass is 293 g/mol. The molecule has 1 N–H and O–H groups in total. The molecule has 20 heavy (non-hydrogen) atoms. The van der Waals surface area contributed by atoms with E-state index in [9.17, 15) is 4.79 Å². The minimum absolute atomic E-state index is 0.0334. The number of halogens is 1. The van der Waals surface area contributed by atoms with Crippen molar-refractivity contribution in [2.75, 3.05) is 6.61 Å². The summed E-state index contributed by atoms with van der Waals surface area (Å²) in [7, 11) is 0. The van der Waals surface area contributed by atoms with Gasteiger partial charge in [0.05, 0.1) is 11.8 Å². The van der Waals surface area contributed by atoms with Crippen LogP contribution in [0.4, 0.5) is 0 Å². The van der Waals surface area contributed by atoms with Crippen LogP contribution in [0.2, 0.25) is 5.02 Å². The van der Waals surface area contributed by atoms with Crippen molar-refractivity contribution >= 4 is 17.4 Å². The Balaban J connectivity index is 1.92. The van der Waals surface area contributed by atoms with Crippen LogP contribution in [0, 0.1) is 5.41 Å². The highest BCUT2D eigenvalue weighted by Crippen LogP contribution is 2.22. The summed E-state index contributed by atoms with van der Waals surface area (Å²) in [6.45, 7) is 3.98. The minimum Gasteiger partial charge on any atom is -0.493 e. The molecule has 1 aromatic carbocycles. The highest BCUT2D eigenvalue weighted by molar-refractivity contribution is 6.30. The molecule has 0 atom stereocenters. The predicted octanol–water partition coefficient (Wildman–Crippen LogP) is 2.67. The Hall–Kier alpha value is -1.88. The number of nitrogens with zero attached hydrogens (tertiary/aromatic N) is 2. The molecule has 106 valence electrons. The Labute approximate surface area is 122 Å². The zero-order valence-electron chi connectivity index (χ0n) is 11.4. The first-order valence-electron chi connectivity index (χ1n) is 6.24. The highest BCUT2D eigenvalue weighted by atomic mass is 35.5. The number of carbonyl (C=O) groups is 1. The van der Waals surface area contributed by atoms with Gasteiger partial charge in [-0.15, -0.1) is 0 Å². The molecule has 0 unspecified atom stereocenters. The number of aromatic amines is 1. The topological polar surface area (TPSA) is 67.9 Å². The first-order valence-corrected chi connectivity index (χ1v) is 6.61. The second kappa shape index (κ2) is 6.05. The Kier molecular flexibility index (Phi) is 4.39. The Bertz CT molecular complexity index is 565. The quantitative estimate of drug-likeness (QED) is 0.889. The predicted molar refractivity (Wildman–Crippen MR) is 75.8 cm³/mol. The number of rotatable bonds is 6. The van der Waals surface area contributed by atoms with E-state index in [0.29, 0.717) is 16.6 Å². The fourth-order valence-electron chi connectivity index (χ4n) is 1.58. The summed E-state index contributed by atoms with van der Waals surface area (Å²) < 4.78 is 5.64. The minimum atomic E-state index is -0.611. The third kappa shape index (κ3) is 3.81. The third-order valence-electron chi connectivity index (χ3n) is 2.95. The number of Topliss-reactive ketones (excluding diaryl/α,β-unsaturated/α-hetero) is 1. The van der Waals surface area contributed by atoms with Gasteiger partial charge in [0, 0.05) is 5.02 Å². The molecular weight excluding hydrogens is 278 g/mol. The van der Waals surface area contributed by atoms with E-state index >= 15 is 0 Å². The number of hydrogen-bond donors (Lipinski definition) is 1. The number of hydrogen-bond acceptors (Lipinski definition) is 4. The van der Waals surface area contributed by atoms with Crippen LogP contribution in [0.1, 0.15) is 19.7 Å². The fourth-order valence-corrected chi connectivity index (χ4v) is 1.70. The second-order valence-electron chi connectivity index (χ2n) is 5.14. The van der Waals surface area contributed by atoms with Gasteiger partial charge < -0.3 is 4.74 Å². The Morgan fingerprint density at radius 1 is 1.35 bits per heavy atom. The number of H-pyrrole nitrogens is 1. The maximum Gasteiger partial charge on any atom is 0.157 e. The standard InChI is InChI=1S/C14H16ClN3O2/c1-14(2,12(19)7-13-16-9-17-18-13)8-20-11-5-3-10(15)4-6-11/h3-6,9H,7-8H2,1-2H3,(H,16,17,18). The lowest BCUT2D eigenvalue weighted by Crippen LogP contribution is -2.32. The van der Waals surface area contributed by atoms with Crippen molar-refractivity contribution in [3.63, 3.8) is 0 Å². The molecule has 0 spiro atoms. The van der Waals surface area contributed by atoms with Gasteiger partial charge in [0.2, 0.25) is 0 Å². The van der Waals surface area contributed by atoms with Crippen LogP contribution in [-0.2, 0) is 11.2 Å². The summed E-state index contributed by atoms with van der Waals surface area (Å²) in [6.07, 6.45) is 1.65. The van der Waals surface area contributed by atoms with Crippen LogP contribution in [0.25, 0.3) is 0 Å². The van der Waals surface area contributed by atoms with E-state index in [-0.39, 0.29) is 18.8 Å². The van der Waals surface area contributed by atoms with Crippen molar-refractivity contribution < 1.29 is 9.53 Å². The molecule has 0 fully saturated rings. The number of ketones is 1. The molecule has 0 bridgehead atoms. The van der Waals surface area contributed by atoms with Crippen molar-refractivity contribution in [1.29, 1.82) is 0 Å². The van der Waals surface area contributed by atoms with Gasteiger partial charge in [-0.25, -0.2) is 4.98 Å². The van der Waals surface area contributed by atoms with Gasteiger partial charge in [0.1, 0.15) is 24.5 Å². The lowest BCUT2D eigenvalue weighted by atomic mass is 9.87. The summed E-state index contributed by atoms with van der Waals surface area (Å²) in [4.78, 5) is 16.2. The largest absolute Gasteiger partial charge is 0.493 e. The van der Waals surface area contributed by atoms with Gasteiger partial charge in [-0.2, -0.15) is 5.10 Å².